The average molecular weight is 282 g/mol. The highest BCUT2D eigenvalue weighted by molar-refractivity contribution is 7.89. The van der Waals surface area contributed by atoms with Gasteiger partial charge in [-0.25, -0.2) is 8.42 Å². The molecule has 0 aromatic heterocycles. The Morgan fingerprint density at radius 2 is 2.21 bits per heavy atom. The van der Waals surface area contributed by atoms with Gasteiger partial charge in [0.05, 0.1) is 4.90 Å². The van der Waals surface area contributed by atoms with Crippen LogP contribution in [0, 0.1) is 6.92 Å². The largest absolute Gasteiger partial charge is 0.313 e. The molecule has 1 heterocycles. The van der Waals surface area contributed by atoms with Gasteiger partial charge in [-0.3, -0.25) is 0 Å². The zero-order chi connectivity index (χ0) is 13.9. The van der Waals surface area contributed by atoms with E-state index in [0.717, 1.165) is 24.9 Å². The minimum Gasteiger partial charge on any atom is -0.313 e. The second-order valence-electron chi connectivity index (χ2n) is 5.08. The normalized spacial score (nSPS) is 21.5. The molecule has 0 amide bonds. The second kappa shape index (κ2) is 6.03. The van der Waals surface area contributed by atoms with Crippen LogP contribution >= 0.6 is 0 Å². The topological polar surface area (TPSA) is 49.4 Å². The molecule has 0 saturated carbocycles. The maximum absolute atomic E-state index is 12.6. The fourth-order valence-electron chi connectivity index (χ4n) is 2.54. The fourth-order valence-corrected chi connectivity index (χ4v) is 4.17. The van der Waals surface area contributed by atoms with E-state index in [9.17, 15) is 8.42 Å². The molecular formula is C14H22N2O2S. The summed E-state index contributed by atoms with van der Waals surface area (Å²) in [5, 5.41) is 3.34. The molecule has 1 atom stereocenters. The molecule has 1 aromatic rings. The summed E-state index contributed by atoms with van der Waals surface area (Å²) in [7, 11) is -3.34. The lowest BCUT2D eigenvalue weighted by Gasteiger charge is -2.32. The van der Waals surface area contributed by atoms with Gasteiger partial charge in [-0.15, -0.1) is 0 Å². The first-order valence-corrected chi connectivity index (χ1v) is 8.28. The Morgan fingerprint density at radius 1 is 1.42 bits per heavy atom. The number of likely N-dealkylation sites (N-methyl/N-ethyl adjacent to an activating group) is 1. The minimum absolute atomic E-state index is 0.276. The molecule has 0 radical (unpaired) electrons. The summed E-state index contributed by atoms with van der Waals surface area (Å²) in [4.78, 5) is 0.407. The van der Waals surface area contributed by atoms with Crippen LogP contribution in [0.25, 0.3) is 0 Å². The van der Waals surface area contributed by atoms with E-state index in [1.54, 1.807) is 22.5 Å². The number of rotatable bonds is 4. The van der Waals surface area contributed by atoms with Crippen LogP contribution in [0.1, 0.15) is 25.3 Å². The van der Waals surface area contributed by atoms with Gasteiger partial charge in [-0.05, 0) is 44.0 Å². The highest BCUT2D eigenvalue weighted by Crippen LogP contribution is 2.21. The predicted molar refractivity (Wildman–Crippen MR) is 76.6 cm³/mol. The Labute approximate surface area is 115 Å². The fraction of sp³-hybridized carbons (Fsp3) is 0.571. The molecule has 0 bridgehead atoms. The maximum Gasteiger partial charge on any atom is 0.243 e. The molecule has 19 heavy (non-hydrogen) atoms. The number of hydrogen-bond acceptors (Lipinski definition) is 3. The summed E-state index contributed by atoms with van der Waals surface area (Å²) in [6, 6.07) is 7.41. The third-order valence-corrected chi connectivity index (χ3v) is 5.37. The third kappa shape index (κ3) is 3.35. The van der Waals surface area contributed by atoms with E-state index in [4.69, 9.17) is 0 Å². The molecule has 1 fully saturated rings. The maximum atomic E-state index is 12.6. The number of sulfonamides is 1. The first kappa shape index (κ1) is 14.5. The van der Waals surface area contributed by atoms with Crippen molar-refractivity contribution in [2.75, 3.05) is 19.6 Å². The van der Waals surface area contributed by atoms with E-state index in [-0.39, 0.29) is 6.04 Å². The highest BCUT2D eigenvalue weighted by Gasteiger charge is 2.29. The van der Waals surface area contributed by atoms with Crippen LogP contribution in [-0.4, -0.2) is 38.4 Å². The lowest BCUT2D eigenvalue weighted by Crippen LogP contribution is -2.47. The lowest BCUT2D eigenvalue weighted by molar-refractivity contribution is 0.286. The van der Waals surface area contributed by atoms with Gasteiger partial charge < -0.3 is 5.32 Å². The van der Waals surface area contributed by atoms with Crippen LogP contribution in [0.4, 0.5) is 0 Å². The number of nitrogens with one attached hydrogen (secondary N) is 1. The molecule has 1 N–H and O–H groups in total. The SMILES string of the molecule is CCNC1CCCN(S(=O)(=O)c2cccc(C)c2)C1. The molecule has 5 heteroatoms. The molecule has 1 unspecified atom stereocenters. The first-order valence-electron chi connectivity index (χ1n) is 6.84. The van der Waals surface area contributed by atoms with Crippen molar-refractivity contribution in [2.24, 2.45) is 0 Å². The summed E-state index contributed by atoms with van der Waals surface area (Å²) in [5.74, 6) is 0. The van der Waals surface area contributed by atoms with E-state index in [1.807, 2.05) is 19.9 Å². The third-order valence-electron chi connectivity index (χ3n) is 3.50. The zero-order valence-corrected chi connectivity index (χ0v) is 12.4. The van der Waals surface area contributed by atoms with Gasteiger partial charge in [0.15, 0.2) is 0 Å². The van der Waals surface area contributed by atoms with Crippen LogP contribution in [0.5, 0.6) is 0 Å². The van der Waals surface area contributed by atoms with E-state index in [0.29, 0.717) is 18.0 Å². The van der Waals surface area contributed by atoms with E-state index < -0.39 is 10.0 Å². The van der Waals surface area contributed by atoms with Crippen molar-refractivity contribution in [2.45, 2.75) is 37.6 Å². The van der Waals surface area contributed by atoms with Gasteiger partial charge in [0.2, 0.25) is 10.0 Å². The monoisotopic (exact) mass is 282 g/mol. The lowest BCUT2D eigenvalue weighted by atomic mass is 10.1. The molecule has 4 nitrogen and oxygen atoms in total. The molecule has 0 spiro atoms. The summed E-state index contributed by atoms with van der Waals surface area (Å²) in [6.07, 6.45) is 1.97. The van der Waals surface area contributed by atoms with Gasteiger partial charge in [0.25, 0.3) is 0 Å². The molecule has 1 aliphatic rings. The summed E-state index contributed by atoms with van der Waals surface area (Å²) < 4.78 is 26.8. The van der Waals surface area contributed by atoms with Crippen molar-refractivity contribution < 1.29 is 8.42 Å². The number of nitrogens with zero attached hydrogens (tertiary/aromatic N) is 1. The van der Waals surface area contributed by atoms with Gasteiger partial charge >= 0.3 is 0 Å². The van der Waals surface area contributed by atoms with Crippen LogP contribution in [-0.2, 0) is 10.0 Å². The summed E-state index contributed by atoms with van der Waals surface area (Å²) >= 11 is 0. The Balaban J connectivity index is 2.19. The van der Waals surface area contributed by atoms with Crippen LogP contribution in [0.15, 0.2) is 29.2 Å². The number of aryl methyl sites for hydroxylation is 1. The smallest absolute Gasteiger partial charge is 0.243 e. The highest BCUT2D eigenvalue weighted by atomic mass is 32.2. The Kier molecular flexibility index (Phi) is 4.60. The van der Waals surface area contributed by atoms with Crippen molar-refractivity contribution in [3.63, 3.8) is 0 Å². The van der Waals surface area contributed by atoms with E-state index in [1.165, 1.54) is 0 Å². The Morgan fingerprint density at radius 3 is 2.89 bits per heavy atom. The standard InChI is InChI=1S/C14H22N2O2S/c1-3-15-13-7-5-9-16(11-13)19(17,18)14-8-4-6-12(2)10-14/h4,6,8,10,13,15H,3,5,7,9,11H2,1-2H3. The van der Waals surface area contributed by atoms with Crippen molar-refractivity contribution >= 4 is 10.0 Å². The average Bonchev–Trinajstić information content (AvgIpc) is 2.39. The molecule has 0 aliphatic carbocycles. The van der Waals surface area contributed by atoms with Crippen LogP contribution in [0.3, 0.4) is 0 Å². The molecule has 1 saturated heterocycles. The van der Waals surface area contributed by atoms with Crippen molar-refractivity contribution in [1.82, 2.24) is 9.62 Å². The van der Waals surface area contributed by atoms with E-state index in [2.05, 4.69) is 5.32 Å². The van der Waals surface area contributed by atoms with Gasteiger partial charge in [0.1, 0.15) is 0 Å². The quantitative estimate of drug-likeness (QED) is 0.915. The zero-order valence-electron chi connectivity index (χ0n) is 11.6. The van der Waals surface area contributed by atoms with E-state index >= 15 is 0 Å². The molecule has 1 aliphatic heterocycles. The van der Waals surface area contributed by atoms with Gasteiger partial charge in [0, 0.05) is 19.1 Å². The number of hydrogen-bond donors (Lipinski definition) is 1. The van der Waals surface area contributed by atoms with Crippen LogP contribution in [0.2, 0.25) is 0 Å². The van der Waals surface area contributed by atoms with Crippen LogP contribution < -0.4 is 5.32 Å². The Hall–Kier alpha value is -0.910. The second-order valence-corrected chi connectivity index (χ2v) is 7.01. The van der Waals surface area contributed by atoms with Gasteiger partial charge in [-0.2, -0.15) is 4.31 Å². The summed E-state index contributed by atoms with van der Waals surface area (Å²) in [6.45, 7) is 6.04. The first-order chi connectivity index (χ1) is 9.04. The molecular weight excluding hydrogens is 260 g/mol. The van der Waals surface area contributed by atoms with Crippen molar-refractivity contribution in [3.8, 4) is 0 Å². The molecule has 106 valence electrons. The van der Waals surface area contributed by atoms with Gasteiger partial charge in [-0.1, -0.05) is 19.1 Å². The number of piperidine rings is 1. The predicted octanol–water partition coefficient (Wildman–Crippen LogP) is 1.76. The minimum atomic E-state index is -3.34. The van der Waals surface area contributed by atoms with Crippen molar-refractivity contribution in [3.05, 3.63) is 29.8 Å². The molecule has 1 aromatic carbocycles. The summed E-state index contributed by atoms with van der Waals surface area (Å²) in [5.41, 5.74) is 0.973. The Bertz CT molecular complexity index is 526. The molecule has 2 rings (SSSR count). The number of benzene rings is 1. The van der Waals surface area contributed by atoms with Crippen molar-refractivity contribution in [1.29, 1.82) is 0 Å².